The van der Waals surface area contributed by atoms with Crippen LogP contribution in [0.1, 0.15) is 27.3 Å². The fraction of sp³-hybridized carbons (Fsp3) is 0.200. The molecule has 1 N–H and O–H groups in total. The Labute approximate surface area is 126 Å². The molecule has 3 aromatic rings. The largest absolute Gasteiger partial charge is 0.304 e. The summed E-state index contributed by atoms with van der Waals surface area (Å²) in [5, 5.41) is 14.1. The van der Waals surface area contributed by atoms with Gasteiger partial charge in [0.2, 0.25) is 0 Å². The Kier molecular flexibility index (Phi) is 3.69. The molecule has 1 amide bonds. The molecule has 112 valence electrons. The van der Waals surface area contributed by atoms with E-state index in [4.69, 9.17) is 0 Å². The third-order valence-corrected chi connectivity index (χ3v) is 3.18. The Morgan fingerprint density at radius 3 is 2.86 bits per heavy atom. The van der Waals surface area contributed by atoms with E-state index in [1.807, 2.05) is 31.3 Å². The third kappa shape index (κ3) is 3.03. The van der Waals surface area contributed by atoms with Gasteiger partial charge in [-0.2, -0.15) is 5.10 Å². The highest BCUT2D eigenvalue weighted by atomic mass is 16.6. The first-order chi connectivity index (χ1) is 10.6. The molecule has 0 radical (unpaired) electrons. The number of aromatic nitrogens is 4. The van der Waals surface area contributed by atoms with Crippen molar-refractivity contribution in [3.8, 4) is 0 Å². The molecule has 3 rings (SSSR count). The van der Waals surface area contributed by atoms with Crippen LogP contribution in [0, 0.1) is 13.8 Å². The van der Waals surface area contributed by atoms with Crippen LogP contribution in [0.3, 0.4) is 0 Å². The minimum Gasteiger partial charge on any atom is -0.304 e. The van der Waals surface area contributed by atoms with Gasteiger partial charge in [0.25, 0.3) is 5.91 Å². The highest BCUT2D eigenvalue weighted by Crippen LogP contribution is 2.10. The average molecular weight is 297 g/mol. The fourth-order valence-electron chi connectivity index (χ4n) is 2.13. The maximum Gasteiger partial charge on any atom is 0.281 e. The number of carbonyl (C=O) groups is 1. The Bertz CT molecular complexity index is 806. The number of carbonyl (C=O) groups excluding carboxylic acids is 1. The zero-order valence-corrected chi connectivity index (χ0v) is 12.3. The minimum atomic E-state index is -0.389. The summed E-state index contributed by atoms with van der Waals surface area (Å²) in [6.45, 7) is 4.34. The molecule has 0 aliphatic rings. The first-order valence-electron chi connectivity index (χ1n) is 6.81. The molecule has 1 aromatic carbocycles. The molecule has 2 heterocycles. The number of nitrogens with zero attached hydrogens (tertiary/aromatic N) is 4. The Morgan fingerprint density at radius 2 is 2.14 bits per heavy atom. The molecule has 0 saturated heterocycles. The summed E-state index contributed by atoms with van der Waals surface area (Å²) in [5.41, 5.74) is 2.95. The van der Waals surface area contributed by atoms with E-state index in [-0.39, 0.29) is 11.6 Å². The molecule has 0 bridgehead atoms. The Balaban J connectivity index is 1.69. The molecule has 0 spiro atoms. The Morgan fingerprint density at radius 1 is 1.27 bits per heavy atom. The summed E-state index contributed by atoms with van der Waals surface area (Å²) in [4.78, 5) is 12.0. The lowest BCUT2D eigenvalue weighted by Crippen LogP contribution is -2.14. The lowest BCUT2D eigenvalue weighted by Gasteiger charge is -2.03. The number of aryl methyl sites for hydroxylation is 2. The highest BCUT2D eigenvalue weighted by Gasteiger charge is 2.16. The summed E-state index contributed by atoms with van der Waals surface area (Å²) in [7, 11) is 0. The molecular weight excluding hydrogens is 282 g/mol. The van der Waals surface area contributed by atoms with E-state index in [0.717, 1.165) is 5.56 Å². The maximum absolute atomic E-state index is 12.0. The van der Waals surface area contributed by atoms with Gasteiger partial charge in [0.15, 0.2) is 11.5 Å². The van der Waals surface area contributed by atoms with Gasteiger partial charge in [0.1, 0.15) is 5.69 Å². The predicted molar refractivity (Wildman–Crippen MR) is 79.5 cm³/mol. The van der Waals surface area contributed by atoms with E-state index in [9.17, 15) is 4.79 Å². The zero-order valence-electron chi connectivity index (χ0n) is 12.3. The highest BCUT2D eigenvalue weighted by molar-refractivity contribution is 6.02. The maximum atomic E-state index is 12.0. The van der Waals surface area contributed by atoms with Gasteiger partial charge < -0.3 is 5.32 Å². The van der Waals surface area contributed by atoms with Crippen LogP contribution in [-0.4, -0.2) is 26.0 Å². The van der Waals surface area contributed by atoms with Gasteiger partial charge in [0.05, 0.1) is 6.54 Å². The van der Waals surface area contributed by atoms with Crippen LogP contribution in [0.15, 0.2) is 41.2 Å². The van der Waals surface area contributed by atoms with Crippen LogP contribution in [-0.2, 0) is 6.54 Å². The molecule has 0 fully saturated rings. The predicted octanol–water partition coefficient (Wildman–Crippen LogP) is 2.18. The number of rotatable bonds is 4. The number of nitrogens with one attached hydrogen (secondary N) is 1. The topological polar surface area (TPSA) is 85.8 Å². The standard InChI is InChI=1S/C15H15N5O2/c1-10-4-3-5-12(8-10)9-20-7-6-13(17-20)16-15(21)14-11(2)18-22-19-14/h3-8H,9H2,1-2H3,(H,16,17,21). The lowest BCUT2D eigenvalue weighted by molar-refractivity contribution is 0.101. The van der Waals surface area contributed by atoms with Crippen molar-refractivity contribution in [3.63, 3.8) is 0 Å². The second kappa shape index (κ2) is 5.80. The van der Waals surface area contributed by atoms with Crippen molar-refractivity contribution >= 4 is 11.7 Å². The van der Waals surface area contributed by atoms with E-state index < -0.39 is 0 Å². The van der Waals surface area contributed by atoms with E-state index in [1.165, 1.54) is 5.56 Å². The Hall–Kier alpha value is -2.96. The molecule has 0 atom stereocenters. The minimum absolute atomic E-state index is 0.160. The van der Waals surface area contributed by atoms with Crippen LogP contribution in [0.4, 0.5) is 5.82 Å². The first kappa shape index (κ1) is 14.0. The lowest BCUT2D eigenvalue weighted by atomic mass is 10.1. The smallest absolute Gasteiger partial charge is 0.281 e. The van der Waals surface area contributed by atoms with Gasteiger partial charge in [-0.25, -0.2) is 4.63 Å². The average Bonchev–Trinajstić information content (AvgIpc) is 3.08. The van der Waals surface area contributed by atoms with Gasteiger partial charge in [-0.1, -0.05) is 35.0 Å². The van der Waals surface area contributed by atoms with Crippen molar-refractivity contribution in [2.75, 3.05) is 5.32 Å². The van der Waals surface area contributed by atoms with Gasteiger partial charge >= 0.3 is 0 Å². The number of hydrogen-bond acceptors (Lipinski definition) is 5. The summed E-state index contributed by atoms with van der Waals surface area (Å²) < 4.78 is 6.28. The first-order valence-corrected chi connectivity index (χ1v) is 6.81. The van der Waals surface area contributed by atoms with Gasteiger partial charge in [-0.3, -0.25) is 9.48 Å². The monoisotopic (exact) mass is 297 g/mol. The third-order valence-electron chi connectivity index (χ3n) is 3.18. The molecule has 0 aliphatic carbocycles. The summed E-state index contributed by atoms with van der Waals surface area (Å²) in [6.07, 6.45) is 1.81. The van der Waals surface area contributed by atoms with Gasteiger partial charge in [0, 0.05) is 12.3 Å². The van der Waals surface area contributed by atoms with Crippen LogP contribution < -0.4 is 5.32 Å². The van der Waals surface area contributed by atoms with Crippen molar-refractivity contribution in [1.29, 1.82) is 0 Å². The number of hydrogen-bond donors (Lipinski definition) is 1. The molecule has 2 aromatic heterocycles. The van der Waals surface area contributed by atoms with Gasteiger partial charge in [-0.15, -0.1) is 0 Å². The van der Waals surface area contributed by atoms with Crippen molar-refractivity contribution in [1.82, 2.24) is 20.1 Å². The van der Waals surface area contributed by atoms with Crippen LogP contribution in [0.2, 0.25) is 0 Å². The van der Waals surface area contributed by atoms with Gasteiger partial charge in [-0.05, 0) is 24.6 Å². The summed E-state index contributed by atoms with van der Waals surface area (Å²) in [6, 6.07) is 9.93. The second-order valence-corrected chi connectivity index (χ2v) is 5.04. The quantitative estimate of drug-likeness (QED) is 0.797. The van der Waals surface area contributed by atoms with Crippen molar-refractivity contribution in [2.24, 2.45) is 0 Å². The zero-order chi connectivity index (χ0) is 15.5. The van der Waals surface area contributed by atoms with Crippen LogP contribution in [0.5, 0.6) is 0 Å². The molecule has 0 unspecified atom stereocenters. The molecule has 7 nitrogen and oxygen atoms in total. The van der Waals surface area contributed by atoms with E-state index in [1.54, 1.807) is 17.7 Å². The summed E-state index contributed by atoms with van der Waals surface area (Å²) in [5.74, 6) is 0.0691. The molecule has 7 heteroatoms. The summed E-state index contributed by atoms with van der Waals surface area (Å²) >= 11 is 0. The SMILES string of the molecule is Cc1cccc(Cn2ccc(NC(=O)c3nonc3C)n2)c1. The second-order valence-electron chi connectivity index (χ2n) is 5.04. The van der Waals surface area contributed by atoms with E-state index >= 15 is 0 Å². The van der Waals surface area contributed by atoms with Crippen molar-refractivity contribution < 1.29 is 9.42 Å². The molecule has 0 aliphatic heterocycles. The number of benzene rings is 1. The normalized spacial score (nSPS) is 10.6. The van der Waals surface area contributed by atoms with Crippen LogP contribution >= 0.6 is 0 Å². The van der Waals surface area contributed by atoms with Crippen molar-refractivity contribution in [2.45, 2.75) is 20.4 Å². The van der Waals surface area contributed by atoms with E-state index in [2.05, 4.69) is 31.4 Å². The van der Waals surface area contributed by atoms with Crippen LogP contribution in [0.25, 0.3) is 0 Å². The number of amides is 1. The molecular formula is C15H15N5O2. The van der Waals surface area contributed by atoms with E-state index in [0.29, 0.717) is 18.1 Å². The number of anilines is 1. The molecule has 0 saturated carbocycles. The van der Waals surface area contributed by atoms with Crippen molar-refractivity contribution in [3.05, 3.63) is 59.0 Å². The fourth-order valence-corrected chi connectivity index (χ4v) is 2.13. The molecule has 22 heavy (non-hydrogen) atoms.